The third-order valence-electron chi connectivity index (χ3n) is 4.40. The van der Waals surface area contributed by atoms with Gasteiger partial charge in [-0.15, -0.1) is 5.54 Å². The van der Waals surface area contributed by atoms with Gasteiger partial charge in [-0.1, -0.05) is 56.2 Å². The third kappa shape index (κ3) is 3.37. The molecule has 2 atom stereocenters. The number of rotatable bonds is 1. The van der Waals surface area contributed by atoms with Gasteiger partial charge in [0.2, 0.25) is 0 Å². The van der Waals surface area contributed by atoms with Crippen molar-refractivity contribution < 1.29 is 0 Å². The van der Waals surface area contributed by atoms with Gasteiger partial charge in [-0.25, -0.2) is 9.78 Å². The SMILES string of the molecule is Cc1ccc2c(c1)[C@H](n1cc(C#C[Si](C)(C)C)cnc1=O)[C@@H](C)C2. The van der Waals surface area contributed by atoms with Crippen LogP contribution in [0, 0.1) is 24.3 Å². The molecule has 4 heteroatoms. The second kappa shape index (κ2) is 6.07. The van der Waals surface area contributed by atoms with E-state index in [1.54, 1.807) is 10.8 Å². The molecule has 1 heterocycles. The zero-order valence-electron chi connectivity index (χ0n) is 15.1. The highest BCUT2D eigenvalue weighted by Crippen LogP contribution is 2.38. The second-order valence-corrected chi connectivity index (χ2v) is 12.6. The van der Waals surface area contributed by atoms with Crippen LogP contribution in [-0.2, 0) is 6.42 Å². The van der Waals surface area contributed by atoms with E-state index in [9.17, 15) is 4.79 Å². The Bertz CT molecular complexity index is 896. The van der Waals surface area contributed by atoms with E-state index >= 15 is 0 Å². The molecule has 0 N–H and O–H groups in total. The van der Waals surface area contributed by atoms with Gasteiger partial charge >= 0.3 is 5.69 Å². The van der Waals surface area contributed by atoms with Crippen LogP contribution in [0.4, 0.5) is 0 Å². The average molecular weight is 337 g/mol. The van der Waals surface area contributed by atoms with Gasteiger partial charge in [0, 0.05) is 12.4 Å². The molecule has 1 aromatic heterocycles. The average Bonchev–Trinajstić information content (AvgIpc) is 2.81. The third-order valence-corrected chi connectivity index (χ3v) is 5.27. The van der Waals surface area contributed by atoms with E-state index in [4.69, 9.17) is 0 Å². The van der Waals surface area contributed by atoms with Crippen LogP contribution in [0.5, 0.6) is 0 Å². The summed E-state index contributed by atoms with van der Waals surface area (Å²) in [6.07, 6.45) is 4.49. The number of hydrogen-bond acceptors (Lipinski definition) is 2. The van der Waals surface area contributed by atoms with Crippen molar-refractivity contribution in [1.29, 1.82) is 0 Å². The summed E-state index contributed by atoms with van der Waals surface area (Å²) in [6, 6.07) is 6.59. The lowest BCUT2D eigenvalue weighted by Crippen LogP contribution is -2.29. The predicted molar refractivity (Wildman–Crippen MR) is 101 cm³/mol. The van der Waals surface area contributed by atoms with Gasteiger partial charge in [-0.3, -0.25) is 4.57 Å². The van der Waals surface area contributed by atoms with Crippen LogP contribution >= 0.6 is 0 Å². The largest absolute Gasteiger partial charge is 0.348 e. The van der Waals surface area contributed by atoms with Crippen molar-refractivity contribution >= 4 is 8.07 Å². The first-order valence-electron chi connectivity index (χ1n) is 8.45. The van der Waals surface area contributed by atoms with Gasteiger partial charge < -0.3 is 0 Å². The molecule has 0 spiro atoms. The smallest absolute Gasteiger partial charge is 0.290 e. The van der Waals surface area contributed by atoms with Crippen LogP contribution in [0.1, 0.15) is 35.2 Å². The lowest BCUT2D eigenvalue weighted by molar-refractivity contribution is 0.424. The van der Waals surface area contributed by atoms with Gasteiger partial charge in [-0.2, -0.15) is 0 Å². The standard InChI is InChI=1S/C20H24N2OSi/c1-14-6-7-17-11-15(2)19(18(17)10-14)22-13-16(12-21-20(22)23)8-9-24(3,4)5/h6-7,10,12-13,15,19H,11H2,1-5H3/t15-,19+/m0/s1. The maximum atomic E-state index is 12.4. The molecule has 2 aromatic rings. The molecule has 0 bridgehead atoms. The Morgan fingerprint density at radius 3 is 2.75 bits per heavy atom. The lowest BCUT2D eigenvalue weighted by Gasteiger charge is -2.20. The number of fused-ring (bicyclic) bond motifs is 1. The zero-order chi connectivity index (χ0) is 17.5. The minimum absolute atomic E-state index is 0.0496. The summed E-state index contributed by atoms with van der Waals surface area (Å²) in [6.45, 7) is 10.9. The first kappa shape index (κ1) is 16.7. The molecule has 0 unspecified atom stereocenters. The van der Waals surface area contributed by atoms with Crippen LogP contribution < -0.4 is 5.69 Å². The summed E-state index contributed by atoms with van der Waals surface area (Å²) in [5.41, 5.74) is 7.79. The summed E-state index contributed by atoms with van der Waals surface area (Å²) in [5, 5.41) is 0. The minimum Gasteiger partial charge on any atom is -0.290 e. The predicted octanol–water partition coefficient (Wildman–Crippen LogP) is 3.56. The van der Waals surface area contributed by atoms with Crippen LogP contribution in [-0.4, -0.2) is 17.6 Å². The van der Waals surface area contributed by atoms with E-state index in [-0.39, 0.29) is 11.7 Å². The molecule has 0 radical (unpaired) electrons. The van der Waals surface area contributed by atoms with E-state index in [1.165, 1.54) is 16.7 Å². The molecule has 0 aliphatic heterocycles. The van der Waals surface area contributed by atoms with Gasteiger partial charge in [-0.05, 0) is 30.4 Å². The summed E-state index contributed by atoms with van der Waals surface area (Å²) in [5.74, 6) is 3.59. The van der Waals surface area contributed by atoms with E-state index in [0.717, 1.165) is 12.0 Å². The summed E-state index contributed by atoms with van der Waals surface area (Å²) in [4.78, 5) is 16.5. The second-order valence-electron chi connectivity index (χ2n) is 7.86. The van der Waals surface area contributed by atoms with E-state index in [0.29, 0.717) is 5.92 Å². The number of aromatic nitrogens is 2. The molecule has 1 aromatic carbocycles. The molecule has 0 amide bonds. The number of benzene rings is 1. The quantitative estimate of drug-likeness (QED) is 0.589. The van der Waals surface area contributed by atoms with Gasteiger partial charge in [0.25, 0.3) is 0 Å². The number of aryl methyl sites for hydroxylation is 1. The molecule has 1 aliphatic carbocycles. The first-order valence-corrected chi connectivity index (χ1v) is 12.0. The fraction of sp³-hybridized carbons (Fsp3) is 0.400. The van der Waals surface area contributed by atoms with Crippen LogP contribution in [0.15, 0.2) is 35.4 Å². The maximum absolute atomic E-state index is 12.4. The Morgan fingerprint density at radius 2 is 2.04 bits per heavy atom. The molecule has 124 valence electrons. The number of hydrogen-bond donors (Lipinski definition) is 0. The molecule has 0 fully saturated rings. The zero-order valence-corrected chi connectivity index (χ0v) is 16.1. The Balaban J connectivity index is 2.08. The van der Waals surface area contributed by atoms with Crippen molar-refractivity contribution in [2.45, 2.75) is 46.0 Å². The normalized spacial score (nSPS) is 19.5. The highest BCUT2D eigenvalue weighted by molar-refractivity contribution is 6.83. The van der Waals surface area contributed by atoms with Crippen molar-refractivity contribution in [3.05, 3.63) is 63.3 Å². The highest BCUT2D eigenvalue weighted by atomic mass is 28.3. The van der Waals surface area contributed by atoms with E-state index in [1.807, 2.05) is 6.20 Å². The van der Waals surface area contributed by atoms with E-state index < -0.39 is 8.07 Å². The summed E-state index contributed by atoms with van der Waals surface area (Å²) >= 11 is 0. The van der Waals surface area contributed by atoms with Crippen molar-refractivity contribution in [2.75, 3.05) is 0 Å². The monoisotopic (exact) mass is 336 g/mol. The minimum atomic E-state index is -1.46. The fourth-order valence-corrected chi connectivity index (χ4v) is 3.84. The van der Waals surface area contributed by atoms with Crippen molar-refractivity contribution in [1.82, 2.24) is 9.55 Å². The fourth-order valence-electron chi connectivity index (χ4n) is 3.32. The molecular weight excluding hydrogens is 312 g/mol. The van der Waals surface area contributed by atoms with Crippen LogP contribution in [0.2, 0.25) is 19.6 Å². The van der Waals surface area contributed by atoms with Crippen LogP contribution in [0.3, 0.4) is 0 Å². The van der Waals surface area contributed by atoms with Gasteiger partial charge in [0.1, 0.15) is 8.07 Å². The Kier molecular flexibility index (Phi) is 4.23. The van der Waals surface area contributed by atoms with Crippen molar-refractivity contribution in [2.24, 2.45) is 5.92 Å². The Morgan fingerprint density at radius 1 is 1.29 bits per heavy atom. The Hall–Kier alpha value is -2.12. The maximum Gasteiger partial charge on any atom is 0.348 e. The molecule has 1 aliphatic rings. The molecule has 3 rings (SSSR count). The van der Waals surface area contributed by atoms with Crippen molar-refractivity contribution in [3.63, 3.8) is 0 Å². The molecule has 24 heavy (non-hydrogen) atoms. The summed E-state index contributed by atoms with van der Waals surface area (Å²) in [7, 11) is -1.46. The first-order chi connectivity index (χ1) is 11.2. The summed E-state index contributed by atoms with van der Waals surface area (Å²) < 4.78 is 1.78. The molecular formula is C20H24N2OSi. The Labute approximate surface area is 144 Å². The topological polar surface area (TPSA) is 34.9 Å². The highest BCUT2D eigenvalue weighted by Gasteiger charge is 2.31. The molecule has 0 saturated carbocycles. The lowest BCUT2D eigenvalue weighted by atomic mass is 10.0. The van der Waals surface area contributed by atoms with Crippen molar-refractivity contribution in [3.8, 4) is 11.5 Å². The number of nitrogens with zero attached hydrogens (tertiary/aromatic N) is 2. The molecule has 3 nitrogen and oxygen atoms in total. The van der Waals surface area contributed by atoms with Gasteiger partial charge in [0.15, 0.2) is 0 Å². The molecule has 0 saturated heterocycles. The van der Waals surface area contributed by atoms with Crippen LogP contribution in [0.25, 0.3) is 0 Å². The van der Waals surface area contributed by atoms with E-state index in [2.05, 4.69) is 68.1 Å². The van der Waals surface area contributed by atoms with Gasteiger partial charge in [0.05, 0.1) is 11.6 Å².